The summed E-state index contributed by atoms with van der Waals surface area (Å²) in [5.74, 6) is 2.22. The molecule has 0 unspecified atom stereocenters. The maximum atomic E-state index is 4.92. The topological polar surface area (TPSA) is 75.0 Å². The van der Waals surface area contributed by atoms with E-state index in [0.29, 0.717) is 5.92 Å². The molecule has 1 N–H and O–H groups in total. The van der Waals surface area contributed by atoms with Crippen molar-refractivity contribution < 1.29 is 0 Å². The summed E-state index contributed by atoms with van der Waals surface area (Å²) in [4.78, 5) is 13.2. The Hall–Kier alpha value is -4.14. The smallest absolute Gasteiger partial charge is 0.213 e. The molecule has 0 atom stereocenters. The van der Waals surface area contributed by atoms with Gasteiger partial charge >= 0.3 is 0 Å². The fraction of sp³-hybridized carbons (Fsp3) is 0.200. The molecule has 3 aromatic carbocycles. The monoisotopic (exact) mass is 517 g/mol. The van der Waals surface area contributed by atoms with Crippen LogP contribution in [0, 0.1) is 0 Å². The van der Waals surface area contributed by atoms with Gasteiger partial charge in [0.15, 0.2) is 5.82 Å². The first kappa shape index (κ1) is 23.0. The molecule has 0 bridgehead atoms. The van der Waals surface area contributed by atoms with E-state index in [1.165, 1.54) is 5.56 Å². The summed E-state index contributed by atoms with van der Waals surface area (Å²) in [6.45, 7) is 3.05. The minimum absolute atomic E-state index is 0.429. The quantitative estimate of drug-likeness (QED) is 0.281. The van der Waals surface area contributed by atoms with E-state index < -0.39 is 0 Å². The summed E-state index contributed by atoms with van der Waals surface area (Å²) >= 11 is 1.56. The molecule has 38 heavy (non-hydrogen) atoms. The highest BCUT2D eigenvalue weighted by atomic mass is 32.1. The zero-order chi connectivity index (χ0) is 25.3. The molecule has 0 saturated carbocycles. The third kappa shape index (κ3) is 4.42. The molecule has 0 aliphatic carbocycles. The van der Waals surface area contributed by atoms with E-state index in [4.69, 9.17) is 9.97 Å². The van der Waals surface area contributed by atoms with E-state index in [1.54, 1.807) is 11.3 Å². The molecule has 6 aromatic rings. The van der Waals surface area contributed by atoms with Crippen LogP contribution in [0.4, 0.5) is 0 Å². The summed E-state index contributed by atoms with van der Waals surface area (Å²) in [6.07, 6.45) is 2.17. The summed E-state index contributed by atoms with van der Waals surface area (Å²) in [6, 6.07) is 29.4. The van der Waals surface area contributed by atoms with Crippen LogP contribution in [-0.2, 0) is 6.54 Å². The van der Waals surface area contributed by atoms with Crippen molar-refractivity contribution >= 4 is 16.3 Å². The van der Waals surface area contributed by atoms with Crippen LogP contribution in [-0.4, -0.2) is 47.8 Å². The highest BCUT2D eigenvalue weighted by Gasteiger charge is 2.24. The molecule has 7 nitrogen and oxygen atoms in total. The third-order valence-electron chi connectivity index (χ3n) is 7.34. The molecule has 4 heterocycles. The average Bonchev–Trinajstić information content (AvgIpc) is 3.72. The molecule has 1 saturated heterocycles. The van der Waals surface area contributed by atoms with Crippen molar-refractivity contribution in [3.8, 4) is 33.9 Å². The first-order valence-electron chi connectivity index (χ1n) is 13.0. The standard InChI is InChI=1S/C30H27N7S/c1-3-7-23(8-4-1)27-26(32-30-37(27)31-20-38-30)22-13-11-21(12-14-22)19-36-17-15-25(16-18-36)29-33-28(34-35-29)24-9-5-2-6-10-24/h1-14,20,25H,15-19H2,(H,33,34,35). The van der Waals surface area contributed by atoms with Crippen LogP contribution < -0.4 is 0 Å². The van der Waals surface area contributed by atoms with Crippen molar-refractivity contribution in [3.63, 3.8) is 0 Å². The van der Waals surface area contributed by atoms with Crippen LogP contribution in [0.2, 0.25) is 0 Å². The van der Waals surface area contributed by atoms with E-state index >= 15 is 0 Å². The van der Waals surface area contributed by atoms with E-state index in [1.807, 2.05) is 34.3 Å². The lowest BCUT2D eigenvalue weighted by atomic mass is 9.95. The number of H-pyrrole nitrogens is 1. The van der Waals surface area contributed by atoms with Crippen LogP contribution >= 0.6 is 11.3 Å². The minimum Gasteiger partial charge on any atom is -0.299 e. The van der Waals surface area contributed by atoms with Gasteiger partial charge in [-0.2, -0.15) is 10.2 Å². The number of benzene rings is 3. The van der Waals surface area contributed by atoms with Crippen molar-refractivity contribution in [3.05, 3.63) is 102 Å². The number of imidazole rings is 1. The maximum absolute atomic E-state index is 4.92. The Balaban J connectivity index is 1.03. The van der Waals surface area contributed by atoms with Gasteiger partial charge in [-0.25, -0.2) is 14.5 Å². The number of aromatic amines is 1. The zero-order valence-electron chi connectivity index (χ0n) is 20.9. The second-order valence-corrected chi connectivity index (χ2v) is 10.6. The first-order valence-corrected chi connectivity index (χ1v) is 13.9. The lowest BCUT2D eigenvalue weighted by molar-refractivity contribution is 0.202. The third-order valence-corrected chi connectivity index (χ3v) is 8.01. The normalized spacial score (nSPS) is 14.8. The number of rotatable bonds is 6. The predicted octanol–water partition coefficient (Wildman–Crippen LogP) is 6.29. The lowest BCUT2D eigenvalue weighted by Gasteiger charge is -2.30. The molecule has 7 rings (SSSR count). The van der Waals surface area contributed by atoms with Gasteiger partial charge in [0.1, 0.15) is 22.7 Å². The summed E-state index contributed by atoms with van der Waals surface area (Å²) in [5, 5.41) is 12.2. The van der Waals surface area contributed by atoms with Crippen molar-refractivity contribution in [2.24, 2.45) is 0 Å². The summed E-state index contributed by atoms with van der Waals surface area (Å²) < 4.78 is 1.95. The van der Waals surface area contributed by atoms with Crippen LogP contribution in [0.3, 0.4) is 0 Å². The Labute approximate surface area is 224 Å². The van der Waals surface area contributed by atoms with E-state index in [9.17, 15) is 0 Å². The van der Waals surface area contributed by atoms with Crippen molar-refractivity contribution in [2.45, 2.75) is 25.3 Å². The van der Waals surface area contributed by atoms with Crippen LogP contribution in [0.1, 0.15) is 30.1 Å². The lowest BCUT2D eigenvalue weighted by Crippen LogP contribution is -2.32. The fourth-order valence-corrected chi connectivity index (χ4v) is 5.93. The Morgan fingerprint density at radius 3 is 2.24 bits per heavy atom. The molecule has 1 aliphatic rings. The number of fused-ring (bicyclic) bond motifs is 1. The van der Waals surface area contributed by atoms with Crippen molar-refractivity contribution in [1.82, 2.24) is 34.7 Å². The van der Waals surface area contributed by atoms with Gasteiger partial charge in [0.05, 0.1) is 0 Å². The van der Waals surface area contributed by atoms with Gasteiger partial charge in [0.2, 0.25) is 4.96 Å². The molecule has 0 amide bonds. The Morgan fingerprint density at radius 2 is 1.50 bits per heavy atom. The van der Waals surface area contributed by atoms with Gasteiger partial charge in [0.25, 0.3) is 0 Å². The molecular weight excluding hydrogens is 490 g/mol. The molecular formula is C30H27N7S. The van der Waals surface area contributed by atoms with E-state index in [0.717, 1.165) is 77.2 Å². The van der Waals surface area contributed by atoms with Gasteiger partial charge in [-0.15, -0.1) is 0 Å². The first-order chi connectivity index (χ1) is 18.8. The van der Waals surface area contributed by atoms with Crippen molar-refractivity contribution in [1.29, 1.82) is 0 Å². The second kappa shape index (κ2) is 9.96. The summed E-state index contributed by atoms with van der Waals surface area (Å²) in [5.41, 5.74) is 8.47. The van der Waals surface area contributed by atoms with Gasteiger partial charge in [-0.1, -0.05) is 96.3 Å². The van der Waals surface area contributed by atoms with Gasteiger partial charge < -0.3 is 0 Å². The average molecular weight is 518 g/mol. The van der Waals surface area contributed by atoms with Crippen molar-refractivity contribution in [2.75, 3.05) is 13.1 Å². The summed E-state index contributed by atoms with van der Waals surface area (Å²) in [7, 11) is 0. The highest BCUT2D eigenvalue weighted by Crippen LogP contribution is 2.34. The van der Waals surface area contributed by atoms with E-state index in [2.05, 4.69) is 80.9 Å². The Bertz CT molecular complexity index is 1640. The molecule has 0 spiro atoms. The maximum Gasteiger partial charge on any atom is 0.213 e. The number of nitrogens with one attached hydrogen (secondary N) is 1. The number of hydrogen-bond donors (Lipinski definition) is 1. The van der Waals surface area contributed by atoms with Crippen LogP contribution in [0.25, 0.3) is 38.9 Å². The van der Waals surface area contributed by atoms with Crippen LogP contribution in [0.15, 0.2) is 90.4 Å². The van der Waals surface area contributed by atoms with Crippen LogP contribution in [0.5, 0.6) is 0 Å². The number of hydrogen-bond acceptors (Lipinski definition) is 6. The molecule has 1 aliphatic heterocycles. The van der Waals surface area contributed by atoms with Gasteiger partial charge in [-0.05, 0) is 31.5 Å². The molecule has 188 valence electrons. The largest absolute Gasteiger partial charge is 0.299 e. The number of nitrogens with zero attached hydrogens (tertiary/aromatic N) is 6. The number of likely N-dealkylation sites (tertiary alicyclic amines) is 1. The molecule has 8 heteroatoms. The fourth-order valence-electron chi connectivity index (χ4n) is 5.31. The number of piperidine rings is 1. The molecule has 3 aromatic heterocycles. The van der Waals surface area contributed by atoms with E-state index in [-0.39, 0.29) is 0 Å². The number of aromatic nitrogens is 6. The molecule has 0 radical (unpaired) electrons. The zero-order valence-corrected chi connectivity index (χ0v) is 21.7. The molecule has 1 fully saturated rings. The Kier molecular flexibility index (Phi) is 6.03. The second-order valence-electron chi connectivity index (χ2n) is 9.77. The SMILES string of the molecule is c1ccc(-c2n[nH]c(C3CCN(Cc4ccc(-c5nc6scnn6c5-c5ccccc5)cc4)CC3)n2)cc1. The Morgan fingerprint density at radius 1 is 0.789 bits per heavy atom. The predicted molar refractivity (Wildman–Crippen MR) is 151 cm³/mol. The van der Waals surface area contributed by atoms with Gasteiger partial charge in [-0.3, -0.25) is 10.00 Å². The highest BCUT2D eigenvalue weighted by molar-refractivity contribution is 7.14. The van der Waals surface area contributed by atoms with Gasteiger partial charge in [0, 0.05) is 29.2 Å². The minimum atomic E-state index is 0.429.